The van der Waals surface area contributed by atoms with E-state index in [2.05, 4.69) is 0 Å². The fraction of sp³-hybridized carbons (Fsp3) is 1.00. The van der Waals surface area contributed by atoms with Gasteiger partial charge in [0.25, 0.3) is 19.0 Å². The highest BCUT2D eigenvalue weighted by molar-refractivity contribution is 8.62. The first kappa shape index (κ1) is 14.5. The number of hydrogen-bond acceptors (Lipinski definition) is 4. The molecular formula is C12H22O4S2. The van der Waals surface area contributed by atoms with E-state index in [4.69, 9.17) is 4.18 Å². The van der Waals surface area contributed by atoms with Crippen molar-refractivity contribution in [2.45, 2.75) is 75.6 Å². The highest BCUT2D eigenvalue weighted by Gasteiger charge is 2.35. The predicted molar refractivity (Wildman–Crippen MR) is 71.9 cm³/mol. The summed E-state index contributed by atoms with van der Waals surface area (Å²) in [6.45, 7) is 0. The van der Waals surface area contributed by atoms with Crippen LogP contribution in [0.5, 0.6) is 0 Å². The molecule has 0 radical (unpaired) electrons. The summed E-state index contributed by atoms with van der Waals surface area (Å²) >= 11 is 0. The van der Waals surface area contributed by atoms with Gasteiger partial charge in [0, 0.05) is 0 Å². The predicted octanol–water partition coefficient (Wildman–Crippen LogP) is 2.66. The minimum atomic E-state index is -3.61. The molecule has 2 saturated carbocycles. The summed E-state index contributed by atoms with van der Waals surface area (Å²) in [5.41, 5.74) is 0. The van der Waals surface area contributed by atoms with Crippen molar-refractivity contribution in [3.05, 3.63) is 0 Å². The van der Waals surface area contributed by atoms with Gasteiger partial charge < -0.3 is 0 Å². The molecule has 0 amide bonds. The molecule has 6 heteroatoms. The van der Waals surface area contributed by atoms with Gasteiger partial charge in [-0.1, -0.05) is 38.5 Å². The van der Waals surface area contributed by atoms with Crippen LogP contribution in [0.2, 0.25) is 0 Å². The van der Waals surface area contributed by atoms with E-state index >= 15 is 0 Å². The fourth-order valence-corrected chi connectivity index (χ4v) is 6.36. The molecule has 2 aliphatic carbocycles. The van der Waals surface area contributed by atoms with Crippen LogP contribution in [0.4, 0.5) is 0 Å². The third-order valence-corrected chi connectivity index (χ3v) is 8.20. The summed E-state index contributed by atoms with van der Waals surface area (Å²) < 4.78 is 41.5. The van der Waals surface area contributed by atoms with E-state index in [-0.39, 0.29) is 6.10 Å². The smallest absolute Gasteiger partial charge is 0.275 e. The van der Waals surface area contributed by atoms with Crippen LogP contribution in [0.1, 0.15) is 64.2 Å². The molecule has 106 valence electrons. The lowest BCUT2D eigenvalue weighted by Gasteiger charge is -2.24. The van der Waals surface area contributed by atoms with Crippen LogP contribution in [-0.2, 0) is 23.2 Å². The lowest BCUT2D eigenvalue weighted by molar-refractivity contribution is 0.177. The van der Waals surface area contributed by atoms with Crippen molar-refractivity contribution in [1.29, 1.82) is 0 Å². The van der Waals surface area contributed by atoms with Crippen LogP contribution in [0.15, 0.2) is 0 Å². The number of rotatable bonds is 4. The van der Waals surface area contributed by atoms with Crippen molar-refractivity contribution in [2.75, 3.05) is 0 Å². The molecule has 0 bridgehead atoms. The Morgan fingerprint density at radius 2 is 1.33 bits per heavy atom. The van der Waals surface area contributed by atoms with Gasteiger partial charge in [0.05, 0.1) is 11.4 Å². The minimum absolute atomic E-state index is 0.127. The third kappa shape index (κ3) is 3.54. The van der Waals surface area contributed by atoms with E-state index in [1.807, 2.05) is 0 Å². The van der Waals surface area contributed by atoms with Gasteiger partial charge in [0.1, 0.15) is 0 Å². The van der Waals surface area contributed by atoms with Gasteiger partial charge in [-0.2, -0.15) is 0 Å². The van der Waals surface area contributed by atoms with Crippen LogP contribution in [-0.4, -0.2) is 24.0 Å². The van der Waals surface area contributed by atoms with E-state index in [1.165, 1.54) is 6.42 Å². The monoisotopic (exact) mass is 294 g/mol. The Balaban J connectivity index is 1.93. The third-order valence-electron chi connectivity index (χ3n) is 3.92. The largest absolute Gasteiger partial charge is 0.277 e. The van der Waals surface area contributed by atoms with Gasteiger partial charge in [0.2, 0.25) is 0 Å². The van der Waals surface area contributed by atoms with Crippen LogP contribution < -0.4 is 0 Å². The zero-order valence-corrected chi connectivity index (χ0v) is 12.3. The quantitative estimate of drug-likeness (QED) is 0.748. The summed E-state index contributed by atoms with van der Waals surface area (Å²) in [4.78, 5) is 0. The van der Waals surface area contributed by atoms with E-state index in [0.717, 1.165) is 44.9 Å². The molecule has 1 unspecified atom stereocenters. The number of hydrogen-bond donors (Lipinski definition) is 0. The molecule has 0 heterocycles. The maximum Gasteiger partial charge on any atom is 0.277 e. The highest BCUT2D eigenvalue weighted by Crippen LogP contribution is 2.28. The summed E-state index contributed by atoms with van der Waals surface area (Å²) in [5.74, 6) is 0. The molecule has 0 aromatic carbocycles. The van der Waals surface area contributed by atoms with Crippen molar-refractivity contribution < 1.29 is 16.8 Å². The van der Waals surface area contributed by atoms with Crippen LogP contribution in [0.3, 0.4) is 0 Å². The summed E-state index contributed by atoms with van der Waals surface area (Å²) in [7, 11) is -5.76. The normalized spacial score (nSPS) is 26.0. The van der Waals surface area contributed by atoms with E-state index in [0.29, 0.717) is 12.8 Å². The molecular weight excluding hydrogens is 272 g/mol. The van der Waals surface area contributed by atoms with E-state index in [1.54, 1.807) is 0 Å². The first-order chi connectivity index (χ1) is 8.60. The zero-order chi connectivity index (χ0) is 13.0. The van der Waals surface area contributed by atoms with Crippen LogP contribution in [0, 0.1) is 0 Å². The van der Waals surface area contributed by atoms with Crippen molar-refractivity contribution >= 4 is 19.0 Å². The maximum absolute atomic E-state index is 12.1. The van der Waals surface area contributed by atoms with Gasteiger partial charge in [0.15, 0.2) is 0 Å². The Hall–Kier alpha value is 0.0600. The second kappa shape index (κ2) is 6.48. The average molecular weight is 294 g/mol. The molecule has 2 aliphatic rings. The lowest BCUT2D eigenvalue weighted by atomic mass is 9.98. The molecule has 1 atom stereocenters. The molecule has 0 spiro atoms. The summed E-state index contributed by atoms with van der Waals surface area (Å²) in [5, 5.41) is -0.448. The lowest BCUT2D eigenvalue weighted by Crippen LogP contribution is -2.30. The molecule has 0 aromatic rings. The van der Waals surface area contributed by atoms with Crippen molar-refractivity contribution in [3.63, 3.8) is 0 Å². The van der Waals surface area contributed by atoms with E-state index in [9.17, 15) is 12.6 Å². The summed E-state index contributed by atoms with van der Waals surface area (Å²) in [6, 6.07) is 0. The van der Waals surface area contributed by atoms with Gasteiger partial charge in [-0.05, 0) is 25.7 Å². The van der Waals surface area contributed by atoms with Crippen LogP contribution in [0.25, 0.3) is 0 Å². The Morgan fingerprint density at radius 1 is 0.833 bits per heavy atom. The van der Waals surface area contributed by atoms with Gasteiger partial charge >= 0.3 is 0 Å². The molecule has 2 rings (SSSR count). The Labute approximate surface area is 111 Å². The standard InChI is InChI=1S/C12H22O4S2/c13-17(16-11-7-3-1-4-8-11)18(14,15)12-9-5-2-6-10-12/h11-12H,1-10H2. The van der Waals surface area contributed by atoms with Crippen molar-refractivity contribution in [1.82, 2.24) is 0 Å². The van der Waals surface area contributed by atoms with Crippen molar-refractivity contribution in [2.24, 2.45) is 0 Å². The van der Waals surface area contributed by atoms with Crippen LogP contribution >= 0.6 is 0 Å². The van der Waals surface area contributed by atoms with E-state index < -0.39 is 24.2 Å². The molecule has 0 saturated heterocycles. The maximum atomic E-state index is 12.1. The minimum Gasteiger partial charge on any atom is -0.275 e. The second-order valence-corrected chi connectivity index (χ2v) is 9.78. The molecule has 0 N–H and O–H groups in total. The SMILES string of the molecule is O=S(OC1CCCCC1)S(=O)(=O)C1CCCCC1. The first-order valence-corrected chi connectivity index (χ1v) is 10.1. The second-order valence-electron chi connectivity index (χ2n) is 5.31. The molecule has 0 aliphatic heterocycles. The van der Waals surface area contributed by atoms with Gasteiger partial charge in [-0.15, -0.1) is 0 Å². The Bertz CT molecular complexity index is 379. The molecule has 0 aromatic heterocycles. The summed E-state index contributed by atoms with van der Waals surface area (Å²) in [6.07, 6.45) is 9.02. The average Bonchev–Trinajstić information content (AvgIpc) is 2.41. The van der Waals surface area contributed by atoms with Gasteiger partial charge in [-0.25, -0.2) is 12.6 Å². The fourth-order valence-electron chi connectivity index (χ4n) is 2.79. The molecule has 2 fully saturated rings. The highest BCUT2D eigenvalue weighted by atomic mass is 33.2. The zero-order valence-electron chi connectivity index (χ0n) is 10.7. The first-order valence-electron chi connectivity index (χ1n) is 6.94. The Kier molecular flexibility index (Phi) is 5.21. The molecule has 4 nitrogen and oxygen atoms in total. The van der Waals surface area contributed by atoms with Crippen molar-refractivity contribution in [3.8, 4) is 0 Å². The topological polar surface area (TPSA) is 60.4 Å². The van der Waals surface area contributed by atoms with Gasteiger partial charge in [-0.3, -0.25) is 4.18 Å². The Morgan fingerprint density at radius 3 is 1.89 bits per heavy atom. The molecule has 18 heavy (non-hydrogen) atoms.